The van der Waals surface area contributed by atoms with Crippen molar-refractivity contribution in [1.29, 1.82) is 0 Å². The van der Waals surface area contributed by atoms with E-state index in [-0.39, 0.29) is 11.9 Å². The lowest BCUT2D eigenvalue weighted by Crippen LogP contribution is -2.38. The molecular formula is C25H28FNO. The molecule has 0 saturated carbocycles. The van der Waals surface area contributed by atoms with Crippen molar-refractivity contribution in [2.75, 3.05) is 19.7 Å². The number of piperidine rings is 1. The van der Waals surface area contributed by atoms with Crippen molar-refractivity contribution in [3.05, 3.63) is 83.7 Å². The summed E-state index contributed by atoms with van der Waals surface area (Å²) in [5.41, 5.74) is 2.34. The predicted molar refractivity (Wildman–Crippen MR) is 113 cm³/mol. The van der Waals surface area contributed by atoms with Gasteiger partial charge >= 0.3 is 0 Å². The molecule has 3 heteroatoms. The number of hydrogen-bond donors (Lipinski definition) is 0. The quantitative estimate of drug-likeness (QED) is 0.525. The van der Waals surface area contributed by atoms with E-state index in [1.807, 2.05) is 0 Å². The molecule has 0 aliphatic carbocycles. The molecule has 3 aromatic rings. The second-order valence-electron chi connectivity index (χ2n) is 7.94. The van der Waals surface area contributed by atoms with Crippen LogP contribution in [0, 0.1) is 11.7 Å². The van der Waals surface area contributed by atoms with Crippen LogP contribution in [-0.2, 0) is 11.3 Å². The monoisotopic (exact) mass is 377 g/mol. The van der Waals surface area contributed by atoms with Crippen molar-refractivity contribution in [3.63, 3.8) is 0 Å². The van der Waals surface area contributed by atoms with Crippen LogP contribution in [0.25, 0.3) is 10.8 Å². The highest BCUT2D eigenvalue weighted by Gasteiger charge is 2.26. The van der Waals surface area contributed by atoms with Crippen LogP contribution < -0.4 is 0 Å². The maximum absolute atomic E-state index is 13.1. The molecule has 1 aliphatic rings. The maximum Gasteiger partial charge on any atom is 0.123 e. The molecule has 28 heavy (non-hydrogen) atoms. The minimum atomic E-state index is -0.209. The molecule has 0 radical (unpaired) electrons. The van der Waals surface area contributed by atoms with E-state index in [0.717, 1.165) is 24.6 Å². The summed E-state index contributed by atoms with van der Waals surface area (Å²) in [6, 6.07) is 22.0. The zero-order valence-corrected chi connectivity index (χ0v) is 16.5. The van der Waals surface area contributed by atoms with Crippen LogP contribution in [0.2, 0.25) is 0 Å². The highest BCUT2D eigenvalue weighted by molar-refractivity contribution is 5.86. The van der Waals surface area contributed by atoms with Crippen LogP contribution in [0.15, 0.2) is 66.7 Å². The molecule has 1 atom stereocenters. The molecule has 1 unspecified atom stereocenters. The first-order chi connectivity index (χ1) is 13.7. The molecule has 1 aliphatic heterocycles. The zero-order valence-electron chi connectivity index (χ0n) is 16.5. The van der Waals surface area contributed by atoms with Crippen molar-refractivity contribution in [2.24, 2.45) is 5.92 Å². The summed E-state index contributed by atoms with van der Waals surface area (Å²) in [5, 5.41) is 2.58. The normalized spacial score (nSPS) is 17.1. The van der Waals surface area contributed by atoms with Crippen molar-refractivity contribution < 1.29 is 9.13 Å². The smallest absolute Gasteiger partial charge is 0.123 e. The third-order valence-corrected chi connectivity index (χ3v) is 5.90. The SMILES string of the molecule is CC1CCN(C(COCc2ccc(F)cc2)c2cccc3ccccc23)CC1. The second-order valence-corrected chi connectivity index (χ2v) is 7.94. The zero-order chi connectivity index (χ0) is 19.3. The second kappa shape index (κ2) is 8.85. The first kappa shape index (κ1) is 19.1. The first-order valence-electron chi connectivity index (χ1n) is 10.2. The van der Waals surface area contributed by atoms with Gasteiger partial charge < -0.3 is 4.74 Å². The van der Waals surface area contributed by atoms with Gasteiger partial charge in [-0.15, -0.1) is 0 Å². The number of fused-ring (bicyclic) bond motifs is 1. The average molecular weight is 378 g/mol. The van der Waals surface area contributed by atoms with Gasteiger partial charge in [0.05, 0.1) is 19.3 Å². The molecule has 1 heterocycles. The summed E-state index contributed by atoms with van der Waals surface area (Å²) in [4.78, 5) is 2.58. The van der Waals surface area contributed by atoms with E-state index in [2.05, 4.69) is 54.3 Å². The lowest BCUT2D eigenvalue weighted by Gasteiger charge is -2.37. The van der Waals surface area contributed by atoms with Crippen LogP contribution >= 0.6 is 0 Å². The third kappa shape index (κ3) is 4.43. The molecule has 2 nitrogen and oxygen atoms in total. The van der Waals surface area contributed by atoms with Crippen LogP contribution in [-0.4, -0.2) is 24.6 Å². The van der Waals surface area contributed by atoms with Crippen molar-refractivity contribution in [2.45, 2.75) is 32.4 Å². The fraction of sp³-hybridized carbons (Fsp3) is 0.360. The van der Waals surface area contributed by atoms with E-state index in [4.69, 9.17) is 4.74 Å². The number of halogens is 1. The Hall–Kier alpha value is -2.23. The third-order valence-electron chi connectivity index (χ3n) is 5.90. The lowest BCUT2D eigenvalue weighted by molar-refractivity contribution is 0.0356. The van der Waals surface area contributed by atoms with Gasteiger partial charge in [-0.25, -0.2) is 4.39 Å². The Labute approximate surface area is 166 Å². The molecular weight excluding hydrogens is 349 g/mol. The number of hydrogen-bond acceptors (Lipinski definition) is 2. The predicted octanol–water partition coefficient (Wildman–Crippen LogP) is 5.97. The number of rotatable bonds is 6. The Morgan fingerprint density at radius 1 is 0.964 bits per heavy atom. The Bertz CT molecular complexity index is 895. The summed E-state index contributed by atoms with van der Waals surface area (Å²) >= 11 is 0. The van der Waals surface area contributed by atoms with Crippen molar-refractivity contribution in [1.82, 2.24) is 4.90 Å². The van der Waals surface area contributed by atoms with E-state index in [9.17, 15) is 4.39 Å². The van der Waals surface area contributed by atoms with Gasteiger partial charge in [0.25, 0.3) is 0 Å². The van der Waals surface area contributed by atoms with Crippen LogP contribution in [0.5, 0.6) is 0 Å². The van der Waals surface area contributed by atoms with Gasteiger partial charge in [-0.2, -0.15) is 0 Å². The molecule has 4 rings (SSSR count). The lowest BCUT2D eigenvalue weighted by atomic mass is 9.93. The van der Waals surface area contributed by atoms with Crippen LogP contribution in [0.3, 0.4) is 0 Å². The summed E-state index contributed by atoms with van der Waals surface area (Å²) in [6.07, 6.45) is 2.47. The van der Waals surface area contributed by atoms with E-state index in [0.29, 0.717) is 13.2 Å². The maximum atomic E-state index is 13.1. The Morgan fingerprint density at radius 3 is 2.46 bits per heavy atom. The van der Waals surface area contributed by atoms with Crippen LogP contribution in [0.1, 0.15) is 36.9 Å². The summed E-state index contributed by atoms with van der Waals surface area (Å²) in [6.45, 7) is 5.70. The number of benzene rings is 3. The minimum absolute atomic E-state index is 0.209. The van der Waals surface area contributed by atoms with Gasteiger partial charge in [-0.3, -0.25) is 4.90 Å². The van der Waals surface area contributed by atoms with E-state index >= 15 is 0 Å². The molecule has 0 spiro atoms. The molecule has 146 valence electrons. The molecule has 0 amide bonds. The standard InChI is InChI=1S/C25H28FNO/c1-19-13-15-27(16-14-19)25(18-28-17-20-9-11-22(26)12-10-20)24-8-4-6-21-5-2-3-7-23(21)24/h2-12,19,25H,13-18H2,1H3. The summed E-state index contributed by atoms with van der Waals surface area (Å²) in [5.74, 6) is 0.587. The van der Waals surface area contributed by atoms with Gasteiger partial charge in [0, 0.05) is 0 Å². The highest BCUT2D eigenvalue weighted by atomic mass is 19.1. The van der Waals surface area contributed by atoms with E-state index in [1.165, 1.54) is 41.3 Å². The molecule has 3 aromatic carbocycles. The number of nitrogens with zero attached hydrogens (tertiary/aromatic N) is 1. The average Bonchev–Trinajstić information content (AvgIpc) is 2.73. The highest BCUT2D eigenvalue weighted by Crippen LogP contribution is 2.32. The molecule has 0 bridgehead atoms. The Balaban J connectivity index is 1.55. The number of ether oxygens (including phenoxy) is 1. The van der Waals surface area contributed by atoms with E-state index in [1.54, 1.807) is 12.1 Å². The van der Waals surface area contributed by atoms with Gasteiger partial charge in [0.1, 0.15) is 5.82 Å². The first-order valence-corrected chi connectivity index (χ1v) is 10.2. The Kier molecular flexibility index (Phi) is 6.04. The molecule has 1 fully saturated rings. The Morgan fingerprint density at radius 2 is 1.68 bits per heavy atom. The summed E-state index contributed by atoms with van der Waals surface area (Å²) < 4.78 is 19.3. The summed E-state index contributed by atoms with van der Waals surface area (Å²) in [7, 11) is 0. The van der Waals surface area contributed by atoms with Gasteiger partial charge in [-0.05, 0) is 65.9 Å². The molecule has 1 saturated heterocycles. The minimum Gasteiger partial charge on any atom is -0.375 e. The topological polar surface area (TPSA) is 12.5 Å². The van der Waals surface area contributed by atoms with Gasteiger partial charge in [-0.1, -0.05) is 61.5 Å². The molecule has 0 aromatic heterocycles. The van der Waals surface area contributed by atoms with Crippen LogP contribution in [0.4, 0.5) is 4.39 Å². The number of likely N-dealkylation sites (tertiary alicyclic amines) is 1. The largest absolute Gasteiger partial charge is 0.375 e. The van der Waals surface area contributed by atoms with Crippen molar-refractivity contribution in [3.8, 4) is 0 Å². The molecule has 0 N–H and O–H groups in total. The van der Waals surface area contributed by atoms with Gasteiger partial charge in [0.2, 0.25) is 0 Å². The fourth-order valence-corrected chi connectivity index (χ4v) is 4.14. The fourth-order valence-electron chi connectivity index (χ4n) is 4.14. The van der Waals surface area contributed by atoms with Crippen molar-refractivity contribution >= 4 is 10.8 Å². The van der Waals surface area contributed by atoms with Gasteiger partial charge in [0.15, 0.2) is 0 Å². The van der Waals surface area contributed by atoms with E-state index < -0.39 is 0 Å².